The molecule has 0 aromatic carbocycles. The Morgan fingerprint density at radius 3 is 1.67 bits per heavy atom. The molecule has 6 heavy (non-hydrogen) atoms. The molecule has 0 rings (SSSR count). The van der Waals surface area contributed by atoms with E-state index in [9.17, 15) is 0 Å². The molecule has 4 heteroatoms. The summed E-state index contributed by atoms with van der Waals surface area (Å²) in [5, 5.41) is 7.42. The monoisotopic (exact) mass is 171 g/mol. The summed E-state index contributed by atoms with van der Waals surface area (Å²) < 4.78 is 0. The van der Waals surface area contributed by atoms with E-state index in [4.69, 9.17) is 9.90 Å². The fourth-order valence-electron chi connectivity index (χ4n) is 0. The van der Waals surface area contributed by atoms with Gasteiger partial charge in [-0.3, -0.25) is 4.79 Å². The van der Waals surface area contributed by atoms with Gasteiger partial charge in [-0.25, -0.2) is 0 Å². The minimum atomic E-state index is -0.833. The van der Waals surface area contributed by atoms with E-state index in [1.807, 2.05) is 0 Å². The quantitative estimate of drug-likeness (QED) is 0.496. The molecule has 0 aliphatic heterocycles. The molecule has 0 atom stereocenters. The largest absolute Gasteiger partial charge is 0 e. The number of carbonyl (C=O) groups is 1. The van der Waals surface area contributed by atoms with Crippen LogP contribution >= 0.6 is 0 Å². The molecule has 0 aliphatic carbocycles. The molecule has 0 saturated carbocycles. The Kier molecular flexibility index (Phi) is 24.4. The summed E-state index contributed by atoms with van der Waals surface area (Å²) >= 11 is 0. The van der Waals surface area contributed by atoms with E-state index in [1.165, 1.54) is 0 Å². The summed E-state index contributed by atoms with van der Waals surface area (Å²) in [6.07, 6.45) is 0. The van der Waals surface area contributed by atoms with Crippen LogP contribution in [0.15, 0.2) is 0 Å². The van der Waals surface area contributed by atoms with Gasteiger partial charge in [0, 0.05) is 26.4 Å². The summed E-state index contributed by atoms with van der Waals surface area (Å²) in [4.78, 5) is 9.00. The molecule has 0 spiro atoms. The summed E-state index contributed by atoms with van der Waals surface area (Å²) in [7, 11) is 0. The second-order valence-electron chi connectivity index (χ2n) is 0.519. The van der Waals surface area contributed by atoms with E-state index in [-0.39, 0.29) is 38.3 Å². The molecule has 1 N–H and O–H groups in total. The minimum Gasteiger partial charge on any atom is 0 e. The van der Waals surface area contributed by atoms with Gasteiger partial charge in [0.1, 0.15) is 0 Å². The van der Waals surface area contributed by atoms with Gasteiger partial charge < -0.3 is 5.11 Å². The second kappa shape index (κ2) is 9.19. The third-order valence-electron chi connectivity index (χ3n) is 0. The third kappa shape index (κ3) is 134. The van der Waals surface area contributed by atoms with Crippen molar-refractivity contribution in [2.45, 2.75) is 6.92 Å². The molecule has 0 aromatic rings. The van der Waals surface area contributed by atoms with Crippen molar-refractivity contribution in [1.29, 1.82) is 0 Å². The molecule has 0 saturated heterocycles. The molecule has 0 heterocycles. The van der Waals surface area contributed by atoms with Crippen LogP contribution in [0.25, 0.3) is 0 Å². The average molecular weight is 171 g/mol. The number of hydrogen-bond donors (Lipinski definition) is 1. The fraction of sp³-hybridized carbons (Fsp3) is 0.500. The molecule has 0 fully saturated rings. The van der Waals surface area contributed by atoms with Crippen LogP contribution in [0.4, 0.5) is 0 Å². The van der Waals surface area contributed by atoms with Crippen LogP contribution in [-0.4, -0.2) is 29.9 Å². The maximum Gasteiger partial charge on any atom is 0 e. The summed E-state index contributed by atoms with van der Waals surface area (Å²) in [6.45, 7) is 1.08. The van der Waals surface area contributed by atoms with Crippen molar-refractivity contribution in [1.82, 2.24) is 0 Å². The molecular weight excluding hydrogens is 166 g/mol. The van der Waals surface area contributed by atoms with E-state index >= 15 is 0 Å². The van der Waals surface area contributed by atoms with Gasteiger partial charge in [0.2, 0.25) is 0 Å². The number of carboxylic acid groups (broad SMARTS) is 1. The molecule has 0 bridgehead atoms. The Balaban J connectivity index is -0.0000000450. The van der Waals surface area contributed by atoms with Crippen LogP contribution in [0, 0.1) is 0 Å². The van der Waals surface area contributed by atoms with Crippen LogP contribution in [0.1, 0.15) is 6.92 Å². The summed E-state index contributed by atoms with van der Waals surface area (Å²) in [5.74, 6) is -0.833. The topological polar surface area (TPSA) is 37.3 Å². The normalized spacial score (nSPS) is 4.17. The van der Waals surface area contributed by atoms with Crippen LogP contribution in [0.3, 0.4) is 0 Å². The first-order chi connectivity index (χ1) is 1.73. The fourth-order valence-corrected chi connectivity index (χ4v) is 0. The zero-order valence-electron chi connectivity index (χ0n) is 2.69. The van der Waals surface area contributed by atoms with Crippen molar-refractivity contribution in [2.75, 3.05) is 0 Å². The Bertz CT molecular complexity index is 34.5. The van der Waals surface area contributed by atoms with E-state index in [1.54, 1.807) is 0 Å². The van der Waals surface area contributed by atoms with Gasteiger partial charge in [-0.2, -0.15) is 0 Å². The van der Waals surface area contributed by atoms with E-state index in [2.05, 4.69) is 0 Å². The molecule has 2 nitrogen and oxygen atoms in total. The summed E-state index contributed by atoms with van der Waals surface area (Å²) in [6, 6.07) is 0. The predicted octanol–water partition coefficient (Wildman–Crippen LogP) is -0.560. The molecule has 35 valence electrons. The molecule has 0 unspecified atom stereocenters. The van der Waals surface area contributed by atoms with Gasteiger partial charge in [0.25, 0.3) is 5.97 Å². The van der Waals surface area contributed by atoms with Gasteiger partial charge in [-0.1, -0.05) is 0 Å². The van der Waals surface area contributed by atoms with Crippen LogP contribution in [0.5, 0.6) is 0 Å². The number of rotatable bonds is 0. The van der Waals surface area contributed by atoms with Crippen molar-refractivity contribution >= 4 is 24.8 Å². The van der Waals surface area contributed by atoms with E-state index in [0.717, 1.165) is 6.92 Å². The van der Waals surface area contributed by atoms with Crippen molar-refractivity contribution in [3.63, 3.8) is 0 Å². The van der Waals surface area contributed by atoms with Gasteiger partial charge >= 0.3 is 18.9 Å². The molecule has 0 aromatic heterocycles. The Morgan fingerprint density at radius 1 is 1.67 bits per heavy atom. The third-order valence-corrected chi connectivity index (χ3v) is 0. The predicted molar refractivity (Wildman–Crippen MR) is 20.5 cm³/mol. The zero-order valence-corrected chi connectivity index (χ0v) is 4.33. The number of carboxylic acids is 1. The SMILES string of the molecule is CC(=O)O.[LiH].[Rh]. The van der Waals surface area contributed by atoms with E-state index in [0.29, 0.717) is 0 Å². The average Bonchev–Trinajstić information content (AvgIpc) is 0.811. The number of hydrogen-bond acceptors (Lipinski definition) is 1. The number of aliphatic carboxylic acids is 1. The summed E-state index contributed by atoms with van der Waals surface area (Å²) in [5.41, 5.74) is 0. The maximum absolute atomic E-state index is 9.00. The van der Waals surface area contributed by atoms with Crippen molar-refractivity contribution < 1.29 is 29.4 Å². The van der Waals surface area contributed by atoms with Crippen molar-refractivity contribution in [3.8, 4) is 0 Å². The second-order valence-corrected chi connectivity index (χ2v) is 0.519. The standard InChI is InChI=1S/C2H4O2.Li.Rh.H/c1-2(3)4;;;/h1H3,(H,3,4);;;. The van der Waals surface area contributed by atoms with Gasteiger partial charge in [0.15, 0.2) is 0 Å². The molecule has 0 amide bonds. The van der Waals surface area contributed by atoms with Gasteiger partial charge in [-0.15, -0.1) is 0 Å². The van der Waals surface area contributed by atoms with E-state index < -0.39 is 5.97 Å². The Hall–Kier alpha value is 0.691. The van der Waals surface area contributed by atoms with Crippen LogP contribution in [-0.2, 0) is 24.3 Å². The van der Waals surface area contributed by atoms with Crippen molar-refractivity contribution in [3.05, 3.63) is 0 Å². The molecule has 1 radical (unpaired) electrons. The Labute approximate surface area is 61.2 Å². The Morgan fingerprint density at radius 2 is 1.67 bits per heavy atom. The zero-order chi connectivity index (χ0) is 3.58. The van der Waals surface area contributed by atoms with Crippen LogP contribution in [0.2, 0.25) is 0 Å². The van der Waals surface area contributed by atoms with Gasteiger partial charge in [0.05, 0.1) is 0 Å². The molecule has 0 aliphatic rings. The first-order valence-corrected chi connectivity index (χ1v) is 0.928. The van der Waals surface area contributed by atoms with Crippen LogP contribution < -0.4 is 0 Å². The minimum absolute atomic E-state index is 0. The van der Waals surface area contributed by atoms with Gasteiger partial charge in [-0.05, 0) is 0 Å². The smallest absolute Gasteiger partial charge is 0 e. The molecular formula is C2H5LiO2Rh. The maximum atomic E-state index is 9.00. The van der Waals surface area contributed by atoms with Crippen molar-refractivity contribution in [2.24, 2.45) is 0 Å². The first-order valence-electron chi connectivity index (χ1n) is 0.928. The first kappa shape index (κ1) is 15.9.